The quantitative estimate of drug-likeness (QED) is 0.218. The number of ether oxygens (including phenoxy) is 4. The summed E-state index contributed by atoms with van der Waals surface area (Å²) < 4.78 is 21.0. The molecule has 0 radical (unpaired) electrons. The van der Waals surface area contributed by atoms with Gasteiger partial charge in [0.25, 0.3) is 0 Å². The summed E-state index contributed by atoms with van der Waals surface area (Å²) >= 11 is 0. The molecular weight excluding hydrogens is 370 g/mol. The Labute approximate surface area is 154 Å². The van der Waals surface area contributed by atoms with Crippen molar-refractivity contribution in [2.75, 3.05) is 19.8 Å². The highest BCUT2D eigenvalue weighted by molar-refractivity contribution is 4.98. The highest BCUT2D eigenvalue weighted by atomic mass is 16.8. The molecule has 2 fully saturated rings. The van der Waals surface area contributed by atoms with Crippen molar-refractivity contribution in [1.29, 1.82) is 5.26 Å². The van der Waals surface area contributed by atoms with Gasteiger partial charge in [-0.3, -0.25) is 0 Å². The molecule has 7 N–H and O–H groups in total. The lowest BCUT2D eigenvalue weighted by atomic mass is 9.99. The molecule has 2 aliphatic rings. The monoisotopic (exact) mass is 395 g/mol. The number of nitriles is 1. The molecule has 2 saturated heterocycles. The largest absolute Gasteiger partial charge is 0.394 e. The fraction of sp³-hybridized carbons (Fsp3) is 0.933. The third-order valence-electron chi connectivity index (χ3n) is 4.58. The average molecular weight is 395 g/mol. The normalized spacial score (nSPS) is 46.2. The molecule has 0 saturated carbocycles. The fourth-order valence-corrected chi connectivity index (χ4v) is 2.89. The smallest absolute Gasteiger partial charge is 0.224 e. The van der Waals surface area contributed by atoms with Gasteiger partial charge in [0.2, 0.25) is 5.79 Å². The average Bonchev–Trinajstić information content (AvgIpc) is 2.92. The summed E-state index contributed by atoms with van der Waals surface area (Å²) in [5.41, 5.74) is 0. The molecule has 1 unspecified atom stereocenters. The molecule has 0 aromatic rings. The first-order chi connectivity index (χ1) is 12.7. The summed E-state index contributed by atoms with van der Waals surface area (Å²) in [6, 6.07) is 1.81. The summed E-state index contributed by atoms with van der Waals surface area (Å²) in [5.74, 6) is -2.24. The number of hydrogen-bond donors (Lipinski definition) is 7. The Morgan fingerprint density at radius 3 is 2.22 bits per heavy atom. The third-order valence-corrected chi connectivity index (χ3v) is 4.58. The second-order valence-corrected chi connectivity index (χ2v) is 6.48. The molecule has 0 spiro atoms. The van der Waals surface area contributed by atoms with Crippen LogP contribution >= 0.6 is 0 Å². The van der Waals surface area contributed by atoms with E-state index >= 15 is 0 Å². The zero-order valence-corrected chi connectivity index (χ0v) is 14.5. The highest BCUT2D eigenvalue weighted by Crippen LogP contribution is 2.36. The van der Waals surface area contributed by atoms with Crippen molar-refractivity contribution in [3.63, 3.8) is 0 Å². The van der Waals surface area contributed by atoms with Crippen LogP contribution in [0.3, 0.4) is 0 Å². The van der Waals surface area contributed by atoms with Crippen molar-refractivity contribution in [3.05, 3.63) is 0 Å². The van der Waals surface area contributed by atoms with E-state index in [0.717, 1.165) is 0 Å². The summed E-state index contributed by atoms with van der Waals surface area (Å²) in [5, 5.41) is 77.7. The van der Waals surface area contributed by atoms with Crippen molar-refractivity contribution >= 4 is 0 Å². The molecule has 0 aromatic heterocycles. The SMILES string of the molecule is CC(C#N)OC[C@H]1O[C@H](O[C@]2(CO)O[C@H](CO)[C@@H](O)[C@@H]2O)[C@H](O)[C@@H](O)[C@@H]1O. The number of aliphatic hydroxyl groups is 7. The first-order valence-electron chi connectivity index (χ1n) is 8.35. The van der Waals surface area contributed by atoms with E-state index in [4.69, 9.17) is 24.2 Å². The van der Waals surface area contributed by atoms with Gasteiger partial charge in [0.05, 0.1) is 19.3 Å². The zero-order valence-electron chi connectivity index (χ0n) is 14.5. The molecule has 0 bridgehead atoms. The minimum Gasteiger partial charge on any atom is -0.394 e. The van der Waals surface area contributed by atoms with Crippen molar-refractivity contribution in [2.45, 2.75) is 67.8 Å². The van der Waals surface area contributed by atoms with Gasteiger partial charge in [0.15, 0.2) is 6.29 Å². The molecule has 156 valence electrons. The van der Waals surface area contributed by atoms with Gasteiger partial charge >= 0.3 is 0 Å². The molecule has 2 heterocycles. The zero-order chi connectivity index (χ0) is 20.4. The van der Waals surface area contributed by atoms with Crippen LogP contribution in [0, 0.1) is 11.3 Å². The standard InChI is InChI=1S/C15H25NO11/c1-6(2-16)24-4-8-9(19)11(21)12(22)14(25-8)27-15(5-18)13(23)10(20)7(3-17)26-15/h6-14,17-23H,3-5H2,1H3/t6?,7-,8-,9-,10-,11+,12-,13+,14-,15+/m1/s1. The predicted molar refractivity (Wildman–Crippen MR) is 82.6 cm³/mol. The maximum absolute atomic E-state index is 10.1. The van der Waals surface area contributed by atoms with E-state index < -0.39 is 74.1 Å². The van der Waals surface area contributed by atoms with Gasteiger partial charge in [-0.2, -0.15) is 5.26 Å². The summed E-state index contributed by atoms with van der Waals surface area (Å²) in [6.07, 6.45) is -13.5. The molecule has 12 nitrogen and oxygen atoms in total. The van der Waals surface area contributed by atoms with E-state index in [1.807, 2.05) is 0 Å². The Morgan fingerprint density at radius 2 is 1.70 bits per heavy atom. The van der Waals surface area contributed by atoms with Crippen molar-refractivity contribution in [3.8, 4) is 6.07 Å². The second-order valence-electron chi connectivity index (χ2n) is 6.48. The molecule has 0 amide bonds. The first kappa shape index (κ1) is 22.3. The van der Waals surface area contributed by atoms with Gasteiger partial charge in [0.1, 0.15) is 55.4 Å². The van der Waals surface area contributed by atoms with Gasteiger partial charge in [0, 0.05) is 0 Å². The van der Waals surface area contributed by atoms with Crippen LogP contribution < -0.4 is 0 Å². The molecule has 10 atom stereocenters. The van der Waals surface area contributed by atoms with Gasteiger partial charge in [-0.05, 0) is 6.92 Å². The molecule has 2 aliphatic heterocycles. The maximum atomic E-state index is 10.1. The lowest BCUT2D eigenvalue weighted by molar-refractivity contribution is -0.384. The Balaban J connectivity index is 2.14. The maximum Gasteiger partial charge on any atom is 0.224 e. The molecule has 2 rings (SSSR count). The number of aliphatic hydroxyl groups excluding tert-OH is 7. The molecule has 0 aromatic carbocycles. The number of nitrogens with zero attached hydrogens (tertiary/aromatic N) is 1. The van der Waals surface area contributed by atoms with Crippen LogP contribution in [0.25, 0.3) is 0 Å². The Bertz CT molecular complexity index is 530. The van der Waals surface area contributed by atoms with Crippen molar-refractivity contribution in [1.82, 2.24) is 0 Å². The van der Waals surface area contributed by atoms with Gasteiger partial charge in [-0.25, -0.2) is 0 Å². The molecule has 27 heavy (non-hydrogen) atoms. The highest BCUT2D eigenvalue weighted by Gasteiger charge is 2.58. The second kappa shape index (κ2) is 9.03. The lowest BCUT2D eigenvalue weighted by Gasteiger charge is -2.43. The van der Waals surface area contributed by atoms with Crippen molar-refractivity contribution in [2.24, 2.45) is 0 Å². The van der Waals surface area contributed by atoms with Crippen LogP contribution in [0.2, 0.25) is 0 Å². The minimum atomic E-state index is -2.24. The fourth-order valence-electron chi connectivity index (χ4n) is 2.89. The van der Waals surface area contributed by atoms with E-state index in [2.05, 4.69) is 0 Å². The number of rotatable bonds is 7. The summed E-state index contributed by atoms with van der Waals surface area (Å²) in [6.45, 7) is -0.522. The number of hydrogen-bond acceptors (Lipinski definition) is 12. The minimum absolute atomic E-state index is 0.322. The Kier molecular flexibility index (Phi) is 7.47. The van der Waals surface area contributed by atoms with Crippen molar-refractivity contribution < 1.29 is 54.7 Å². The first-order valence-corrected chi connectivity index (χ1v) is 8.35. The van der Waals surface area contributed by atoms with Crippen LogP contribution in [0.15, 0.2) is 0 Å². The summed E-state index contributed by atoms with van der Waals surface area (Å²) in [7, 11) is 0. The van der Waals surface area contributed by atoms with Gasteiger partial charge in [-0.1, -0.05) is 0 Å². The van der Waals surface area contributed by atoms with E-state index in [9.17, 15) is 35.7 Å². The predicted octanol–water partition coefficient (Wildman–Crippen LogP) is -4.46. The van der Waals surface area contributed by atoms with E-state index in [-0.39, 0.29) is 6.61 Å². The van der Waals surface area contributed by atoms with Crippen LogP contribution in [-0.2, 0) is 18.9 Å². The Hall–Kier alpha value is -0.950. The third kappa shape index (κ3) is 4.39. The molecular formula is C15H25NO11. The molecule has 0 aliphatic carbocycles. The topological polar surface area (TPSA) is 202 Å². The molecule has 12 heteroatoms. The van der Waals surface area contributed by atoms with Gasteiger partial charge < -0.3 is 54.7 Å². The van der Waals surface area contributed by atoms with Crippen LogP contribution in [0.4, 0.5) is 0 Å². The van der Waals surface area contributed by atoms with E-state index in [1.54, 1.807) is 6.07 Å². The van der Waals surface area contributed by atoms with E-state index in [0.29, 0.717) is 0 Å². The van der Waals surface area contributed by atoms with Gasteiger partial charge in [-0.15, -0.1) is 0 Å². The Morgan fingerprint density at radius 1 is 1.04 bits per heavy atom. The van der Waals surface area contributed by atoms with Crippen LogP contribution in [0.5, 0.6) is 0 Å². The summed E-state index contributed by atoms with van der Waals surface area (Å²) in [4.78, 5) is 0. The lowest BCUT2D eigenvalue weighted by Crippen LogP contribution is -2.62. The van der Waals surface area contributed by atoms with Crippen LogP contribution in [0.1, 0.15) is 6.92 Å². The van der Waals surface area contributed by atoms with E-state index in [1.165, 1.54) is 6.92 Å². The van der Waals surface area contributed by atoms with Crippen LogP contribution in [-0.4, -0.2) is 116 Å².